The molecular formula is C11H9N5O3. The van der Waals surface area contributed by atoms with E-state index in [1.165, 1.54) is 6.21 Å². The second kappa shape index (κ2) is 5.08. The summed E-state index contributed by atoms with van der Waals surface area (Å²) < 4.78 is 0. The standard InChI is InChI=1S/C11H9N5O3/c12-10(17)9-7-15(14-11(9)16(18)19)13-6-8-4-2-1-3-5-8/h1-7H,(H2,12,17)/b13-6+. The zero-order valence-electron chi connectivity index (χ0n) is 9.63. The molecule has 0 atom stereocenters. The minimum atomic E-state index is -0.923. The first-order chi connectivity index (χ1) is 9.08. The van der Waals surface area contributed by atoms with Crippen LogP contribution in [0.1, 0.15) is 15.9 Å². The van der Waals surface area contributed by atoms with Crippen molar-refractivity contribution in [3.63, 3.8) is 0 Å². The highest BCUT2D eigenvalue weighted by Crippen LogP contribution is 2.14. The molecule has 0 aliphatic carbocycles. The maximum absolute atomic E-state index is 11.0. The molecular weight excluding hydrogens is 250 g/mol. The maximum atomic E-state index is 11.0. The summed E-state index contributed by atoms with van der Waals surface area (Å²) in [5.74, 6) is -1.54. The summed E-state index contributed by atoms with van der Waals surface area (Å²) in [5, 5.41) is 18.1. The Morgan fingerprint density at radius 1 is 1.42 bits per heavy atom. The summed E-state index contributed by atoms with van der Waals surface area (Å²) in [6.45, 7) is 0. The number of nitrogens with two attached hydrogens (primary N) is 1. The van der Waals surface area contributed by atoms with E-state index in [9.17, 15) is 14.9 Å². The van der Waals surface area contributed by atoms with Gasteiger partial charge in [-0.15, -0.1) is 5.10 Å². The molecule has 96 valence electrons. The zero-order chi connectivity index (χ0) is 13.8. The Balaban J connectivity index is 2.32. The third-order valence-electron chi connectivity index (χ3n) is 2.25. The first-order valence-electron chi connectivity index (χ1n) is 5.21. The number of hydrogen-bond donors (Lipinski definition) is 1. The monoisotopic (exact) mass is 259 g/mol. The van der Waals surface area contributed by atoms with Gasteiger partial charge in [0.2, 0.25) is 0 Å². The number of amides is 1. The van der Waals surface area contributed by atoms with E-state index in [1.807, 2.05) is 18.2 Å². The number of aromatic nitrogens is 2. The third kappa shape index (κ3) is 2.80. The van der Waals surface area contributed by atoms with E-state index in [1.54, 1.807) is 12.1 Å². The number of rotatable bonds is 4. The smallest absolute Gasteiger partial charge is 0.365 e. The summed E-state index contributed by atoms with van der Waals surface area (Å²) in [4.78, 5) is 21.9. The molecule has 1 aromatic carbocycles. The molecule has 0 aliphatic rings. The minimum Gasteiger partial charge on any atom is -0.365 e. The van der Waals surface area contributed by atoms with Gasteiger partial charge in [-0.1, -0.05) is 35.1 Å². The van der Waals surface area contributed by atoms with Crippen LogP contribution >= 0.6 is 0 Å². The molecule has 19 heavy (non-hydrogen) atoms. The topological polar surface area (TPSA) is 116 Å². The zero-order valence-corrected chi connectivity index (χ0v) is 9.63. The van der Waals surface area contributed by atoms with Gasteiger partial charge in [-0.05, 0) is 10.5 Å². The van der Waals surface area contributed by atoms with E-state index < -0.39 is 16.6 Å². The second-order valence-corrected chi connectivity index (χ2v) is 3.56. The third-order valence-corrected chi connectivity index (χ3v) is 2.25. The number of hydrogen-bond acceptors (Lipinski definition) is 5. The van der Waals surface area contributed by atoms with E-state index >= 15 is 0 Å². The van der Waals surface area contributed by atoms with Crippen molar-refractivity contribution in [1.29, 1.82) is 0 Å². The van der Waals surface area contributed by atoms with Crippen LogP contribution in [0.4, 0.5) is 5.82 Å². The number of carbonyl (C=O) groups excluding carboxylic acids is 1. The Labute approximate surface area is 107 Å². The van der Waals surface area contributed by atoms with Crippen LogP contribution in [-0.2, 0) is 0 Å². The Bertz CT molecular complexity index is 616. The molecule has 8 heteroatoms. The lowest BCUT2D eigenvalue weighted by molar-refractivity contribution is -0.390. The molecule has 1 aromatic heterocycles. The van der Waals surface area contributed by atoms with E-state index in [0.717, 1.165) is 16.6 Å². The number of primary amides is 1. The van der Waals surface area contributed by atoms with Crippen molar-refractivity contribution < 1.29 is 9.72 Å². The summed E-state index contributed by atoms with van der Waals surface area (Å²) in [6, 6.07) is 9.09. The lowest BCUT2D eigenvalue weighted by atomic mass is 10.2. The van der Waals surface area contributed by atoms with E-state index in [-0.39, 0.29) is 5.56 Å². The molecule has 1 heterocycles. The highest BCUT2D eigenvalue weighted by atomic mass is 16.6. The van der Waals surface area contributed by atoms with Crippen molar-refractivity contribution in [2.75, 3.05) is 0 Å². The second-order valence-electron chi connectivity index (χ2n) is 3.56. The van der Waals surface area contributed by atoms with Crippen LogP contribution in [0, 0.1) is 10.1 Å². The fraction of sp³-hybridized carbons (Fsp3) is 0. The summed E-state index contributed by atoms with van der Waals surface area (Å²) >= 11 is 0. The average molecular weight is 259 g/mol. The molecule has 0 saturated heterocycles. The molecule has 0 fully saturated rings. The van der Waals surface area contributed by atoms with Crippen molar-refractivity contribution in [2.45, 2.75) is 0 Å². The molecule has 1 amide bonds. The first-order valence-corrected chi connectivity index (χ1v) is 5.21. The van der Waals surface area contributed by atoms with Gasteiger partial charge in [-0.3, -0.25) is 4.79 Å². The fourth-order valence-corrected chi connectivity index (χ4v) is 1.39. The normalized spacial score (nSPS) is 10.7. The summed E-state index contributed by atoms with van der Waals surface area (Å²) in [5.41, 5.74) is 5.54. The lowest BCUT2D eigenvalue weighted by Crippen LogP contribution is -2.11. The largest absolute Gasteiger partial charge is 0.405 e. The van der Waals surface area contributed by atoms with Crippen molar-refractivity contribution in [3.05, 3.63) is 57.8 Å². The van der Waals surface area contributed by atoms with Gasteiger partial charge in [0.15, 0.2) is 5.56 Å². The molecule has 0 spiro atoms. The number of carbonyl (C=O) groups is 1. The molecule has 0 radical (unpaired) electrons. The average Bonchev–Trinajstić information content (AvgIpc) is 2.82. The van der Waals surface area contributed by atoms with Gasteiger partial charge in [-0.2, -0.15) is 0 Å². The Kier molecular flexibility index (Phi) is 3.33. The van der Waals surface area contributed by atoms with Crippen LogP contribution in [0.3, 0.4) is 0 Å². The van der Waals surface area contributed by atoms with Gasteiger partial charge in [0, 0.05) is 0 Å². The van der Waals surface area contributed by atoms with Crippen molar-refractivity contribution in [3.8, 4) is 0 Å². The summed E-state index contributed by atoms with van der Waals surface area (Å²) in [7, 11) is 0. The van der Waals surface area contributed by atoms with Gasteiger partial charge in [0.1, 0.15) is 0 Å². The van der Waals surface area contributed by atoms with Gasteiger partial charge >= 0.3 is 5.82 Å². The van der Waals surface area contributed by atoms with Crippen LogP contribution in [0.25, 0.3) is 0 Å². The SMILES string of the molecule is NC(=O)c1cn(/N=C/c2ccccc2)nc1[N+](=O)[O-]. The molecule has 8 nitrogen and oxygen atoms in total. The highest BCUT2D eigenvalue weighted by Gasteiger charge is 2.24. The van der Waals surface area contributed by atoms with E-state index in [4.69, 9.17) is 5.73 Å². The van der Waals surface area contributed by atoms with Crippen LogP contribution in [-0.4, -0.2) is 26.9 Å². The fourth-order valence-electron chi connectivity index (χ4n) is 1.39. The van der Waals surface area contributed by atoms with Crippen LogP contribution < -0.4 is 5.73 Å². The number of benzene rings is 1. The highest BCUT2D eigenvalue weighted by molar-refractivity contribution is 5.96. The number of nitro groups is 1. The van der Waals surface area contributed by atoms with Crippen molar-refractivity contribution in [1.82, 2.24) is 9.89 Å². The molecule has 2 rings (SSSR count). The van der Waals surface area contributed by atoms with Gasteiger partial charge in [-0.25, -0.2) is 0 Å². The van der Waals surface area contributed by atoms with Gasteiger partial charge in [0.05, 0.1) is 17.5 Å². The van der Waals surface area contributed by atoms with Gasteiger partial charge in [0.25, 0.3) is 5.91 Å². The molecule has 0 bridgehead atoms. The molecule has 0 unspecified atom stereocenters. The quantitative estimate of drug-likeness (QED) is 0.495. The van der Waals surface area contributed by atoms with Crippen LogP contribution in [0.15, 0.2) is 41.6 Å². The first kappa shape index (κ1) is 12.4. The van der Waals surface area contributed by atoms with Crippen LogP contribution in [0.5, 0.6) is 0 Å². The van der Waals surface area contributed by atoms with Crippen LogP contribution in [0.2, 0.25) is 0 Å². The molecule has 2 N–H and O–H groups in total. The van der Waals surface area contributed by atoms with E-state index in [0.29, 0.717) is 0 Å². The van der Waals surface area contributed by atoms with Gasteiger partial charge < -0.3 is 15.8 Å². The summed E-state index contributed by atoms with van der Waals surface area (Å²) in [6.07, 6.45) is 2.57. The van der Waals surface area contributed by atoms with E-state index in [2.05, 4.69) is 10.2 Å². The Hall–Kier alpha value is -3.03. The molecule has 0 aliphatic heterocycles. The number of nitrogens with zero attached hydrogens (tertiary/aromatic N) is 4. The molecule has 2 aromatic rings. The van der Waals surface area contributed by atoms with Crippen molar-refractivity contribution >= 4 is 17.9 Å². The lowest BCUT2D eigenvalue weighted by Gasteiger charge is -1.88. The minimum absolute atomic E-state index is 0.282. The Morgan fingerprint density at radius 3 is 2.63 bits per heavy atom. The van der Waals surface area contributed by atoms with Crippen molar-refractivity contribution in [2.24, 2.45) is 10.8 Å². The predicted octanol–water partition coefficient (Wildman–Crippen LogP) is 0.772. The molecule has 0 saturated carbocycles. The maximum Gasteiger partial charge on any atom is 0.405 e. The predicted molar refractivity (Wildman–Crippen MR) is 66.8 cm³/mol. The Morgan fingerprint density at radius 2 is 2.11 bits per heavy atom.